The number of nitrogens with two attached hydrogens (primary N) is 1. The average Bonchev–Trinajstić information content (AvgIpc) is 2.94. The molecule has 1 fully saturated rings. The first-order valence-corrected chi connectivity index (χ1v) is 6.61. The standard InChI is InChI=1S/C13H23N3O2/c1-13(2,3)6-10(7-14)12-15-11(16-18-12)9-4-5-17-8-9/h9-10H,4-8,14H2,1-3H3. The van der Waals surface area contributed by atoms with E-state index in [1.165, 1.54) is 0 Å². The molecule has 1 aromatic rings. The van der Waals surface area contributed by atoms with Crippen LogP contribution in [0.1, 0.15) is 57.2 Å². The van der Waals surface area contributed by atoms with Crippen molar-refractivity contribution in [2.24, 2.45) is 11.1 Å². The van der Waals surface area contributed by atoms with E-state index in [0.717, 1.165) is 25.3 Å². The summed E-state index contributed by atoms with van der Waals surface area (Å²) in [4.78, 5) is 4.51. The van der Waals surface area contributed by atoms with E-state index in [4.69, 9.17) is 15.0 Å². The lowest BCUT2D eigenvalue weighted by Crippen LogP contribution is -2.19. The number of nitrogens with zero attached hydrogens (tertiary/aromatic N) is 2. The Morgan fingerprint density at radius 1 is 1.44 bits per heavy atom. The third-order valence-electron chi connectivity index (χ3n) is 3.24. The van der Waals surface area contributed by atoms with Crippen molar-refractivity contribution in [2.75, 3.05) is 19.8 Å². The van der Waals surface area contributed by atoms with Gasteiger partial charge in [0, 0.05) is 19.1 Å². The molecule has 1 aromatic heterocycles. The second-order valence-electron chi connectivity index (χ2n) is 6.25. The number of hydrogen-bond donors (Lipinski definition) is 1. The molecular formula is C13H23N3O2. The van der Waals surface area contributed by atoms with Gasteiger partial charge in [0.05, 0.1) is 12.5 Å². The van der Waals surface area contributed by atoms with Gasteiger partial charge in [-0.3, -0.25) is 0 Å². The van der Waals surface area contributed by atoms with Gasteiger partial charge in [-0.1, -0.05) is 25.9 Å². The molecule has 18 heavy (non-hydrogen) atoms. The van der Waals surface area contributed by atoms with E-state index < -0.39 is 0 Å². The Morgan fingerprint density at radius 2 is 2.22 bits per heavy atom. The highest BCUT2D eigenvalue weighted by molar-refractivity contribution is 5.01. The molecular weight excluding hydrogens is 230 g/mol. The van der Waals surface area contributed by atoms with Crippen molar-refractivity contribution in [1.82, 2.24) is 10.1 Å². The Kier molecular flexibility index (Phi) is 4.02. The molecule has 0 aliphatic carbocycles. The van der Waals surface area contributed by atoms with E-state index in [9.17, 15) is 0 Å². The Morgan fingerprint density at radius 3 is 2.78 bits per heavy atom. The van der Waals surface area contributed by atoms with Crippen molar-refractivity contribution in [3.63, 3.8) is 0 Å². The van der Waals surface area contributed by atoms with Gasteiger partial charge in [-0.15, -0.1) is 0 Å². The van der Waals surface area contributed by atoms with E-state index in [-0.39, 0.29) is 17.3 Å². The quantitative estimate of drug-likeness (QED) is 0.889. The van der Waals surface area contributed by atoms with E-state index in [2.05, 4.69) is 30.9 Å². The van der Waals surface area contributed by atoms with E-state index >= 15 is 0 Å². The zero-order valence-electron chi connectivity index (χ0n) is 11.5. The van der Waals surface area contributed by atoms with E-state index in [0.29, 0.717) is 19.0 Å². The SMILES string of the molecule is CC(C)(C)CC(CN)c1nc(C2CCOC2)no1. The predicted octanol–water partition coefficient (Wildman–Crippen LogP) is 2.05. The molecule has 1 saturated heterocycles. The topological polar surface area (TPSA) is 74.2 Å². The van der Waals surface area contributed by atoms with Crippen LogP contribution in [0.2, 0.25) is 0 Å². The van der Waals surface area contributed by atoms with Gasteiger partial charge in [0.15, 0.2) is 5.82 Å². The second-order valence-corrected chi connectivity index (χ2v) is 6.25. The molecule has 2 heterocycles. The molecule has 2 rings (SSSR count). The molecule has 0 aromatic carbocycles. The summed E-state index contributed by atoms with van der Waals surface area (Å²) in [5.74, 6) is 1.88. The maximum absolute atomic E-state index is 5.82. The molecule has 5 nitrogen and oxygen atoms in total. The van der Waals surface area contributed by atoms with Crippen LogP contribution in [-0.4, -0.2) is 29.9 Å². The lowest BCUT2D eigenvalue weighted by atomic mass is 9.84. The molecule has 1 aliphatic rings. The molecule has 2 N–H and O–H groups in total. The molecule has 2 atom stereocenters. The molecule has 2 unspecified atom stereocenters. The Bertz CT molecular complexity index is 378. The van der Waals surface area contributed by atoms with Crippen molar-refractivity contribution in [1.29, 1.82) is 0 Å². The molecule has 0 bridgehead atoms. The van der Waals surface area contributed by atoms with Crippen LogP contribution >= 0.6 is 0 Å². The highest BCUT2D eigenvalue weighted by atomic mass is 16.5. The van der Waals surface area contributed by atoms with E-state index in [1.54, 1.807) is 0 Å². The minimum Gasteiger partial charge on any atom is -0.381 e. The smallest absolute Gasteiger partial charge is 0.231 e. The highest BCUT2D eigenvalue weighted by Gasteiger charge is 2.27. The van der Waals surface area contributed by atoms with E-state index in [1.807, 2.05) is 0 Å². The molecule has 5 heteroatoms. The van der Waals surface area contributed by atoms with Crippen LogP contribution in [0.25, 0.3) is 0 Å². The largest absolute Gasteiger partial charge is 0.381 e. The molecule has 0 spiro atoms. The van der Waals surface area contributed by atoms with Crippen molar-refractivity contribution in [3.8, 4) is 0 Å². The zero-order chi connectivity index (χ0) is 13.2. The van der Waals surface area contributed by atoms with Crippen LogP contribution in [0.15, 0.2) is 4.52 Å². The van der Waals surface area contributed by atoms with Crippen molar-refractivity contribution >= 4 is 0 Å². The fourth-order valence-corrected chi connectivity index (χ4v) is 2.33. The van der Waals surface area contributed by atoms with Gasteiger partial charge < -0.3 is 15.0 Å². The molecule has 102 valence electrons. The van der Waals surface area contributed by atoms with Gasteiger partial charge in [-0.25, -0.2) is 0 Å². The van der Waals surface area contributed by atoms with Gasteiger partial charge in [0.2, 0.25) is 5.89 Å². The summed E-state index contributed by atoms with van der Waals surface area (Å²) >= 11 is 0. The first-order chi connectivity index (χ1) is 8.49. The Hall–Kier alpha value is -0.940. The summed E-state index contributed by atoms with van der Waals surface area (Å²) in [6, 6.07) is 0. The normalized spacial score (nSPS) is 22.3. The highest BCUT2D eigenvalue weighted by Crippen LogP contribution is 2.31. The summed E-state index contributed by atoms with van der Waals surface area (Å²) in [5.41, 5.74) is 6.03. The first-order valence-electron chi connectivity index (χ1n) is 6.61. The summed E-state index contributed by atoms with van der Waals surface area (Å²) in [6.07, 6.45) is 1.93. The lowest BCUT2D eigenvalue weighted by molar-refractivity contribution is 0.192. The van der Waals surface area contributed by atoms with Crippen LogP contribution in [0, 0.1) is 5.41 Å². The Balaban J connectivity index is 2.07. The third kappa shape index (κ3) is 3.29. The van der Waals surface area contributed by atoms with Crippen LogP contribution in [0.4, 0.5) is 0 Å². The fourth-order valence-electron chi connectivity index (χ4n) is 2.33. The maximum Gasteiger partial charge on any atom is 0.231 e. The van der Waals surface area contributed by atoms with Crippen molar-refractivity contribution in [2.45, 2.75) is 45.4 Å². The van der Waals surface area contributed by atoms with Crippen molar-refractivity contribution < 1.29 is 9.26 Å². The predicted molar refractivity (Wildman–Crippen MR) is 68.3 cm³/mol. The van der Waals surface area contributed by atoms with Gasteiger partial charge in [0.25, 0.3) is 0 Å². The summed E-state index contributed by atoms with van der Waals surface area (Å²) in [7, 11) is 0. The van der Waals surface area contributed by atoms with Crippen LogP contribution in [-0.2, 0) is 4.74 Å². The maximum atomic E-state index is 5.82. The van der Waals surface area contributed by atoms with Crippen LogP contribution in [0.3, 0.4) is 0 Å². The summed E-state index contributed by atoms with van der Waals surface area (Å²) in [5, 5.41) is 4.08. The van der Waals surface area contributed by atoms with Gasteiger partial charge in [-0.05, 0) is 18.3 Å². The van der Waals surface area contributed by atoms with Crippen molar-refractivity contribution in [3.05, 3.63) is 11.7 Å². The number of ether oxygens (including phenoxy) is 1. The molecule has 1 aliphatic heterocycles. The minimum atomic E-state index is 0.147. The number of hydrogen-bond acceptors (Lipinski definition) is 5. The summed E-state index contributed by atoms with van der Waals surface area (Å²) < 4.78 is 10.7. The summed E-state index contributed by atoms with van der Waals surface area (Å²) in [6.45, 7) is 8.61. The molecule has 0 amide bonds. The number of aromatic nitrogens is 2. The van der Waals surface area contributed by atoms with Gasteiger partial charge >= 0.3 is 0 Å². The van der Waals surface area contributed by atoms with Gasteiger partial charge in [0.1, 0.15) is 0 Å². The van der Waals surface area contributed by atoms with Crippen LogP contribution < -0.4 is 5.73 Å². The molecule has 0 saturated carbocycles. The monoisotopic (exact) mass is 253 g/mol. The molecule has 0 radical (unpaired) electrons. The first kappa shape index (κ1) is 13.5. The minimum absolute atomic E-state index is 0.147. The zero-order valence-corrected chi connectivity index (χ0v) is 11.5. The fraction of sp³-hybridized carbons (Fsp3) is 0.846. The van der Waals surface area contributed by atoms with Gasteiger partial charge in [-0.2, -0.15) is 4.98 Å². The third-order valence-corrected chi connectivity index (χ3v) is 3.24. The average molecular weight is 253 g/mol. The second kappa shape index (κ2) is 5.36. The lowest BCUT2D eigenvalue weighted by Gasteiger charge is -2.22. The van der Waals surface area contributed by atoms with Crippen LogP contribution in [0.5, 0.6) is 0 Å². The Labute approximate surface area is 108 Å². The number of rotatable bonds is 4.